The minimum absolute atomic E-state index is 0.0655. The van der Waals surface area contributed by atoms with Gasteiger partial charge in [0.1, 0.15) is 5.82 Å². The van der Waals surface area contributed by atoms with Gasteiger partial charge in [-0.15, -0.1) is 11.8 Å². The number of carbonyl (C=O) groups excluding carboxylic acids is 1. The topological polar surface area (TPSA) is 61.0 Å². The predicted octanol–water partition coefficient (Wildman–Crippen LogP) is 4.66. The zero-order valence-corrected chi connectivity index (χ0v) is 18.4. The molecule has 0 spiro atoms. The lowest BCUT2D eigenvalue weighted by Crippen LogP contribution is -2.30. The molecule has 6 heteroatoms. The van der Waals surface area contributed by atoms with Gasteiger partial charge in [0.15, 0.2) is 0 Å². The highest BCUT2D eigenvalue weighted by atomic mass is 32.2. The molecule has 2 heterocycles. The standard InChI is InChI=1S/C24H30N4OS/c1-18(24-26-21-11-5-6-12-22(21)27-24)30-17-23(29)25-15-19-9-3-4-10-20(19)16-28-13-7-2-8-14-28/h3-6,9-12,18H,2,7-8,13-17H2,1H3,(H,25,29)(H,26,27). The van der Waals surface area contributed by atoms with E-state index in [4.69, 9.17) is 0 Å². The van der Waals surface area contributed by atoms with Gasteiger partial charge in [0, 0.05) is 13.1 Å². The van der Waals surface area contributed by atoms with Crippen LogP contribution >= 0.6 is 11.8 Å². The smallest absolute Gasteiger partial charge is 0.230 e. The van der Waals surface area contributed by atoms with Crippen molar-refractivity contribution < 1.29 is 4.79 Å². The molecular weight excluding hydrogens is 392 g/mol. The molecule has 1 aromatic heterocycles. The van der Waals surface area contributed by atoms with Crippen molar-refractivity contribution in [1.82, 2.24) is 20.2 Å². The average molecular weight is 423 g/mol. The van der Waals surface area contributed by atoms with Crippen molar-refractivity contribution in [3.05, 3.63) is 65.5 Å². The Labute approximate surface area is 182 Å². The van der Waals surface area contributed by atoms with Crippen LogP contribution in [0, 0.1) is 0 Å². The lowest BCUT2D eigenvalue weighted by molar-refractivity contribution is -0.118. The first-order chi connectivity index (χ1) is 14.7. The zero-order chi connectivity index (χ0) is 20.8. The molecule has 3 aromatic rings. The maximum absolute atomic E-state index is 12.5. The van der Waals surface area contributed by atoms with E-state index in [9.17, 15) is 4.79 Å². The molecule has 1 saturated heterocycles. The van der Waals surface area contributed by atoms with E-state index in [1.54, 1.807) is 11.8 Å². The molecule has 5 nitrogen and oxygen atoms in total. The fourth-order valence-electron chi connectivity index (χ4n) is 3.93. The molecule has 2 N–H and O–H groups in total. The van der Waals surface area contributed by atoms with Gasteiger partial charge in [-0.3, -0.25) is 9.69 Å². The monoisotopic (exact) mass is 422 g/mol. The Hall–Kier alpha value is -2.31. The molecular formula is C24H30N4OS. The Bertz CT molecular complexity index is 947. The van der Waals surface area contributed by atoms with Crippen LogP contribution < -0.4 is 5.32 Å². The number of likely N-dealkylation sites (tertiary alicyclic amines) is 1. The normalized spacial score (nSPS) is 15.9. The second-order valence-electron chi connectivity index (χ2n) is 7.97. The number of H-pyrrole nitrogens is 1. The highest BCUT2D eigenvalue weighted by molar-refractivity contribution is 8.00. The molecule has 1 amide bonds. The first kappa shape index (κ1) is 20.9. The van der Waals surface area contributed by atoms with Crippen LogP contribution in [0.15, 0.2) is 48.5 Å². The number of para-hydroxylation sites is 2. The number of thioether (sulfide) groups is 1. The number of nitrogens with zero attached hydrogens (tertiary/aromatic N) is 2. The van der Waals surface area contributed by atoms with Crippen LogP contribution in [0.5, 0.6) is 0 Å². The van der Waals surface area contributed by atoms with Gasteiger partial charge in [-0.2, -0.15) is 0 Å². The van der Waals surface area contributed by atoms with E-state index in [0.29, 0.717) is 12.3 Å². The summed E-state index contributed by atoms with van der Waals surface area (Å²) in [5.41, 5.74) is 4.54. The number of aromatic nitrogens is 2. The Morgan fingerprint density at radius 2 is 1.83 bits per heavy atom. The third-order valence-electron chi connectivity index (χ3n) is 5.69. The summed E-state index contributed by atoms with van der Waals surface area (Å²) in [6, 6.07) is 16.5. The number of benzene rings is 2. The Kier molecular flexibility index (Phi) is 7.07. The van der Waals surface area contributed by atoms with Crippen molar-refractivity contribution in [2.45, 2.75) is 44.5 Å². The van der Waals surface area contributed by atoms with Crippen molar-refractivity contribution >= 4 is 28.7 Å². The number of amides is 1. The van der Waals surface area contributed by atoms with E-state index in [-0.39, 0.29) is 11.2 Å². The third-order valence-corrected chi connectivity index (χ3v) is 6.85. The highest BCUT2D eigenvalue weighted by Gasteiger charge is 2.15. The van der Waals surface area contributed by atoms with Crippen LogP contribution in [0.1, 0.15) is 48.4 Å². The van der Waals surface area contributed by atoms with Crippen molar-refractivity contribution in [2.75, 3.05) is 18.8 Å². The number of rotatable bonds is 8. The molecule has 30 heavy (non-hydrogen) atoms. The van der Waals surface area contributed by atoms with Gasteiger partial charge in [-0.05, 0) is 56.1 Å². The quantitative estimate of drug-likeness (QED) is 0.554. The van der Waals surface area contributed by atoms with E-state index in [1.165, 1.54) is 43.5 Å². The molecule has 1 aliphatic heterocycles. The number of imidazole rings is 1. The second kappa shape index (κ2) is 10.1. The molecule has 1 unspecified atom stereocenters. The maximum Gasteiger partial charge on any atom is 0.230 e. The molecule has 2 aromatic carbocycles. The van der Waals surface area contributed by atoms with Gasteiger partial charge in [0.25, 0.3) is 0 Å². The van der Waals surface area contributed by atoms with E-state index in [0.717, 1.165) is 23.4 Å². The van der Waals surface area contributed by atoms with Crippen LogP contribution in [-0.4, -0.2) is 39.6 Å². The fraction of sp³-hybridized carbons (Fsp3) is 0.417. The molecule has 158 valence electrons. The summed E-state index contributed by atoms with van der Waals surface area (Å²) in [5, 5.41) is 3.23. The Morgan fingerprint density at radius 1 is 1.10 bits per heavy atom. The van der Waals surface area contributed by atoms with E-state index < -0.39 is 0 Å². The first-order valence-corrected chi connectivity index (χ1v) is 11.9. The molecule has 1 aliphatic rings. The van der Waals surface area contributed by atoms with Crippen LogP contribution in [0.25, 0.3) is 11.0 Å². The van der Waals surface area contributed by atoms with Crippen LogP contribution in [0.4, 0.5) is 0 Å². The molecule has 1 atom stereocenters. The molecule has 0 bridgehead atoms. The Balaban J connectivity index is 1.27. The highest BCUT2D eigenvalue weighted by Crippen LogP contribution is 2.27. The SMILES string of the molecule is CC(SCC(=O)NCc1ccccc1CN1CCCCC1)c1nc2ccccc2[nH]1. The molecule has 0 aliphatic carbocycles. The van der Waals surface area contributed by atoms with Crippen molar-refractivity contribution in [1.29, 1.82) is 0 Å². The van der Waals surface area contributed by atoms with Gasteiger partial charge < -0.3 is 10.3 Å². The Morgan fingerprint density at radius 3 is 2.63 bits per heavy atom. The van der Waals surface area contributed by atoms with E-state index in [2.05, 4.69) is 51.4 Å². The van der Waals surface area contributed by atoms with Crippen LogP contribution in [0.2, 0.25) is 0 Å². The number of nitrogens with one attached hydrogen (secondary N) is 2. The first-order valence-electron chi connectivity index (χ1n) is 10.8. The van der Waals surface area contributed by atoms with Crippen molar-refractivity contribution in [3.63, 3.8) is 0 Å². The average Bonchev–Trinajstić information content (AvgIpc) is 3.22. The fourth-order valence-corrected chi connectivity index (χ4v) is 4.71. The molecule has 0 saturated carbocycles. The van der Waals surface area contributed by atoms with Gasteiger partial charge in [-0.25, -0.2) is 4.98 Å². The summed E-state index contributed by atoms with van der Waals surface area (Å²) in [4.78, 5) is 23.0. The lowest BCUT2D eigenvalue weighted by Gasteiger charge is -2.27. The molecule has 0 radical (unpaired) electrons. The van der Waals surface area contributed by atoms with Gasteiger partial charge in [-0.1, -0.05) is 42.8 Å². The molecule has 1 fully saturated rings. The summed E-state index contributed by atoms with van der Waals surface area (Å²) in [6.07, 6.45) is 3.93. The number of fused-ring (bicyclic) bond motifs is 1. The number of piperidine rings is 1. The van der Waals surface area contributed by atoms with Crippen LogP contribution in [0.3, 0.4) is 0 Å². The summed E-state index contributed by atoms with van der Waals surface area (Å²) in [5.74, 6) is 1.41. The lowest BCUT2D eigenvalue weighted by atomic mass is 10.0. The van der Waals surface area contributed by atoms with Crippen molar-refractivity contribution in [3.8, 4) is 0 Å². The number of aromatic amines is 1. The molecule has 4 rings (SSSR count). The zero-order valence-electron chi connectivity index (χ0n) is 17.6. The van der Waals surface area contributed by atoms with Crippen LogP contribution in [-0.2, 0) is 17.9 Å². The second-order valence-corrected chi connectivity index (χ2v) is 9.30. The third kappa shape index (κ3) is 5.43. The summed E-state index contributed by atoms with van der Waals surface area (Å²) < 4.78 is 0. The van der Waals surface area contributed by atoms with Crippen molar-refractivity contribution in [2.24, 2.45) is 0 Å². The summed E-state index contributed by atoms with van der Waals surface area (Å²) >= 11 is 1.61. The number of carbonyl (C=O) groups is 1. The summed E-state index contributed by atoms with van der Waals surface area (Å²) in [7, 11) is 0. The van der Waals surface area contributed by atoms with Gasteiger partial charge in [0.05, 0.1) is 22.0 Å². The maximum atomic E-state index is 12.5. The van der Waals surface area contributed by atoms with Gasteiger partial charge in [0.2, 0.25) is 5.91 Å². The van der Waals surface area contributed by atoms with E-state index >= 15 is 0 Å². The summed E-state index contributed by atoms with van der Waals surface area (Å²) in [6.45, 7) is 6.00. The minimum Gasteiger partial charge on any atom is -0.351 e. The van der Waals surface area contributed by atoms with E-state index in [1.807, 2.05) is 24.3 Å². The predicted molar refractivity (Wildman–Crippen MR) is 124 cm³/mol. The van der Waals surface area contributed by atoms with Gasteiger partial charge >= 0.3 is 0 Å². The minimum atomic E-state index is 0.0655. The largest absolute Gasteiger partial charge is 0.351 e. The number of hydrogen-bond acceptors (Lipinski definition) is 4. The number of hydrogen-bond donors (Lipinski definition) is 2.